The van der Waals surface area contributed by atoms with Crippen LogP contribution in [0.3, 0.4) is 0 Å². The number of hydrogen-bond donors (Lipinski definition) is 1. The largest absolute Gasteiger partial charge is 0.489 e. The third-order valence-electron chi connectivity index (χ3n) is 6.27. The summed E-state index contributed by atoms with van der Waals surface area (Å²) >= 11 is 6.37. The summed E-state index contributed by atoms with van der Waals surface area (Å²) in [6, 6.07) is 12.9. The van der Waals surface area contributed by atoms with Gasteiger partial charge in [0.1, 0.15) is 17.7 Å². The summed E-state index contributed by atoms with van der Waals surface area (Å²) in [5, 5.41) is 25.9. The first-order valence-corrected chi connectivity index (χ1v) is 10.9. The van der Waals surface area contributed by atoms with E-state index in [1.165, 1.54) is 24.3 Å². The number of ether oxygens (including phenoxy) is 1. The molecule has 0 amide bonds. The van der Waals surface area contributed by atoms with Crippen LogP contribution in [0.4, 0.5) is 4.39 Å². The summed E-state index contributed by atoms with van der Waals surface area (Å²) in [4.78, 5) is 11.4. The van der Waals surface area contributed by atoms with E-state index >= 15 is 0 Å². The molecule has 5 rings (SSSR count). The number of benzene rings is 2. The van der Waals surface area contributed by atoms with Crippen LogP contribution in [-0.4, -0.2) is 27.9 Å². The van der Waals surface area contributed by atoms with Crippen molar-refractivity contribution in [3.63, 3.8) is 0 Å². The summed E-state index contributed by atoms with van der Waals surface area (Å²) < 4.78 is 19.8. The lowest BCUT2D eigenvalue weighted by Gasteiger charge is -2.35. The van der Waals surface area contributed by atoms with E-state index in [1.807, 2.05) is 18.0 Å². The molecule has 0 bridgehead atoms. The Balaban J connectivity index is 1.64. The average Bonchev–Trinajstić information content (AvgIpc) is 3.20. The molecule has 2 heterocycles. The van der Waals surface area contributed by atoms with Crippen LogP contribution >= 0.6 is 11.6 Å². The fraction of sp³-hybridized carbons (Fsp3) is 0.240. The first kappa shape index (κ1) is 21.2. The molecule has 0 radical (unpaired) electrons. The standard InChI is InChI=1S/C25H19ClFN3O3/c1-13-22-23(19-9-5-15(25(31)32)10-21(19)33-13)29-30(18-8-4-16(12-28)20(26)11-18)24(22)14-2-6-17(27)7-3-14/h2-3,5-11,13,16,22,24H,4H2,1H3,(H,31,32)/t13-,16?,22+,24+/m1/s1. The number of rotatable bonds is 3. The van der Waals surface area contributed by atoms with Crippen molar-refractivity contribution in [2.75, 3.05) is 0 Å². The van der Waals surface area contributed by atoms with E-state index in [0.717, 1.165) is 22.5 Å². The van der Waals surface area contributed by atoms with E-state index in [1.54, 1.807) is 24.3 Å². The number of halogens is 2. The minimum absolute atomic E-state index is 0.136. The van der Waals surface area contributed by atoms with Crippen LogP contribution in [0.5, 0.6) is 5.75 Å². The van der Waals surface area contributed by atoms with Crippen molar-refractivity contribution in [1.82, 2.24) is 5.01 Å². The zero-order valence-corrected chi connectivity index (χ0v) is 18.3. The van der Waals surface area contributed by atoms with Gasteiger partial charge in [0.05, 0.1) is 40.9 Å². The molecule has 2 aliphatic heterocycles. The molecule has 8 heteroatoms. The number of nitriles is 1. The highest BCUT2D eigenvalue weighted by Crippen LogP contribution is 2.47. The third kappa shape index (κ3) is 3.57. The molecule has 0 spiro atoms. The van der Waals surface area contributed by atoms with E-state index < -0.39 is 11.9 Å². The number of fused-ring (bicyclic) bond motifs is 3. The highest BCUT2D eigenvalue weighted by atomic mass is 35.5. The summed E-state index contributed by atoms with van der Waals surface area (Å²) in [7, 11) is 0. The smallest absolute Gasteiger partial charge is 0.335 e. The van der Waals surface area contributed by atoms with E-state index in [9.17, 15) is 19.6 Å². The number of hydrazone groups is 1. The van der Waals surface area contributed by atoms with Crippen LogP contribution in [0.2, 0.25) is 0 Å². The predicted molar refractivity (Wildman–Crippen MR) is 120 cm³/mol. The van der Waals surface area contributed by atoms with Crippen LogP contribution in [0.25, 0.3) is 0 Å². The molecule has 1 N–H and O–H groups in total. The van der Waals surface area contributed by atoms with Gasteiger partial charge in [0.25, 0.3) is 0 Å². The Labute approximate surface area is 194 Å². The first-order valence-electron chi connectivity index (χ1n) is 10.5. The number of allylic oxidation sites excluding steroid dienone is 3. The maximum atomic E-state index is 13.7. The molecule has 1 unspecified atom stereocenters. The molecule has 4 atom stereocenters. The number of aromatic carboxylic acids is 1. The van der Waals surface area contributed by atoms with Gasteiger partial charge in [0, 0.05) is 10.6 Å². The molecule has 1 aliphatic carbocycles. The summed E-state index contributed by atoms with van der Waals surface area (Å²) in [6.07, 6.45) is 3.82. The molecule has 166 valence electrons. The topological polar surface area (TPSA) is 85.9 Å². The van der Waals surface area contributed by atoms with Crippen molar-refractivity contribution in [2.45, 2.75) is 25.5 Å². The Hall–Kier alpha value is -3.63. The first-order chi connectivity index (χ1) is 15.9. The second-order valence-electron chi connectivity index (χ2n) is 8.27. The van der Waals surface area contributed by atoms with Gasteiger partial charge in [-0.3, -0.25) is 5.01 Å². The van der Waals surface area contributed by atoms with Gasteiger partial charge in [-0.25, -0.2) is 9.18 Å². The van der Waals surface area contributed by atoms with E-state index in [4.69, 9.17) is 21.4 Å². The molecule has 2 aromatic carbocycles. The molecular formula is C25H19ClFN3O3. The minimum atomic E-state index is -1.03. The van der Waals surface area contributed by atoms with Crippen molar-refractivity contribution in [3.8, 4) is 11.8 Å². The third-order valence-corrected chi connectivity index (χ3v) is 6.64. The van der Waals surface area contributed by atoms with E-state index in [0.29, 0.717) is 17.2 Å². The van der Waals surface area contributed by atoms with Crippen molar-refractivity contribution in [3.05, 3.63) is 87.9 Å². The molecular weight excluding hydrogens is 445 g/mol. The minimum Gasteiger partial charge on any atom is -0.489 e. The van der Waals surface area contributed by atoms with Crippen LogP contribution < -0.4 is 4.74 Å². The van der Waals surface area contributed by atoms with Gasteiger partial charge in [-0.1, -0.05) is 29.8 Å². The van der Waals surface area contributed by atoms with Gasteiger partial charge in [-0.15, -0.1) is 0 Å². The normalized spacial score (nSPS) is 25.6. The fourth-order valence-corrected chi connectivity index (χ4v) is 4.90. The Morgan fingerprint density at radius 2 is 2.06 bits per heavy atom. The fourth-order valence-electron chi connectivity index (χ4n) is 4.65. The number of carboxylic acids is 1. The van der Waals surface area contributed by atoms with Crippen molar-refractivity contribution >= 4 is 23.3 Å². The molecule has 0 saturated carbocycles. The van der Waals surface area contributed by atoms with Crippen molar-refractivity contribution < 1.29 is 19.0 Å². The monoisotopic (exact) mass is 463 g/mol. The molecule has 2 aromatic rings. The van der Waals surface area contributed by atoms with Gasteiger partial charge in [0.15, 0.2) is 0 Å². The number of nitrogens with zero attached hydrogens (tertiary/aromatic N) is 3. The van der Waals surface area contributed by atoms with Crippen LogP contribution in [-0.2, 0) is 0 Å². The second kappa shape index (κ2) is 8.05. The van der Waals surface area contributed by atoms with Crippen LogP contribution in [0.1, 0.15) is 40.9 Å². The Bertz CT molecular complexity index is 1280. The van der Waals surface area contributed by atoms with Gasteiger partial charge in [-0.2, -0.15) is 10.4 Å². The molecule has 0 saturated heterocycles. The molecule has 33 heavy (non-hydrogen) atoms. The Kier molecular flexibility index (Phi) is 5.18. The average molecular weight is 464 g/mol. The Morgan fingerprint density at radius 3 is 2.73 bits per heavy atom. The zero-order chi connectivity index (χ0) is 23.3. The van der Waals surface area contributed by atoms with E-state index in [-0.39, 0.29) is 29.4 Å². The quantitative estimate of drug-likeness (QED) is 0.673. The number of hydrogen-bond acceptors (Lipinski definition) is 5. The summed E-state index contributed by atoms with van der Waals surface area (Å²) in [5.41, 5.74) is 3.23. The zero-order valence-electron chi connectivity index (χ0n) is 17.6. The lowest BCUT2D eigenvalue weighted by molar-refractivity contribution is 0.0695. The molecule has 0 aromatic heterocycles. The van der Waals surface area contributed by atoms with Crippen molar-refractivity contribution in [1.29, 1.82) is 5.26 Å². The number of carbonyl (C=O) groups is 1. The molecule has 3 aliphatic rings. The maximum absolute atomic E-state index is 13.7. The van der Waals surface area contributed by atoms with E-state index in [2.05, 4.69) is 6.07 Å². The Morgan fingerprint density at radius 1 is 1.30 bits per heavy atom. The lowest BCUT2D eigenvalue weighted by Crippen LogP contribution is -2.39. The SMILES string of the molecule is C[C@H]1Oc2cc(C(=O)O)ccc2C2=NN(C3=CCC(C#N)C(Cl)=C3)[C@@H](c3ccc(F)cc3)[C@H]21. The van der Waals surface area contributed by atoms with Gasteiger partial charge >= 0.3 is 5.97 Å². The highest BCUT2D eigenvalue weighted by Gasteiger charge is 2.47. The van der Waals surface area contributed by atoms with Crippen LogP contribution in [0.15, 0.2) is 70.4 Å². The lowest BCUT2D eigenvalue weighted by atomic mass is 9.81. The number of carboxylic acid groups (broad SMARTS) is 1. The van der Waals surface area contributed by atoms with Gasteiger partial charge in [-0.05, 0) is 55.3 Å². The molecule has 6 nitrogen and oxygen atoms in total. The summed E-state index contributed by atoms with van der Waals surface area (Å²) in [6.45, 7) is 1.92. The van der Waals surface area contributed by atoms with Gasteiger partial charge < -0.3 is 9.84 Å². The van der Waals surface area contributed by atoms with Crippen LogP contribution in [0, 0.1) is 29.0 Å². The maximum Gasteiger partial charge on any atom is 0.335 e. The highest BCUT2D eigenvalue weighted by molar-refractivity contribution is 6.30. The second-order valence-corrected chi connectivity index (χ2v) is 8.70. The van der Waals surface area contributed by atoms with Crippen molar-refractivity contribution in [2.24, 2.45) is 16.9 Å². The predicted octanol–water partition coefficient (Wildman–Crippen LogP) is 5.23. The molecule has 0 fully saturated rings. The van der Waals surface area contributed by atoms with Gasteiger partial charge in [0.2, 0.25) is 0 Å². The summed E-state index contributed by atoms with van der Waals surface area (Å²) in [5.74, 6) is -1.49.